The van der Waals surface area contributed by atoms with Crippen molar-refractivity contribution in [1.29, 1.82) is 0 Å². The molecule has 0 aliphatic rings. The third kappa shape index (κ3) is 6.84. The van der Waals surface area contributed by atoms with E-state index in [0.29, 0.717) is 5.56 Å². The van der Waals surface area contributed by atoms with Crippen LogP contribution in [-0.4, -0.2) is 39.4 Å². The summed E-state index contributed by atoms with van der Waals surface area (Å²) in [5.41, 5.74) is 0.918. The van der Waals surface area contributed by atoms with E-state index < -0.39 is 40.4 Å². The molecule has 10 heteroatoms. The Labute approximate surface area is 182 Å². The van der Waals surface area contributed by atoms with Crippen molar-refractivity contribution in [2.75, 3.05) is 6.61 Å². The Morgan fingerprint density at radius 1 is 1.13 bits per heavy atom. The summed E-state index contributed by atoms with van der Waals surface area (Å²) in [5, 5.41) is 23.0. The number of aliphatic hydroxyl groups excluding tert-OH is 1. The monoisotopic (exact) mass is 452 g/mol. The number of benzene rings is 2. The Kier molecular flexibility index (Phi) is 8.79. The molecule has 8 nitrogen and oxygen atoms in total. The summed E-state index contributed by atoms with van der Waals surface area (Å²) in [6, 6.07) is 13.1. The smallest absolute Gasteiger partial charge is 0.331 e. The minimum absolute atomic E-state index is 0.168. The number of rotatable bonds is 9. The van der Waals surface area contributed by atoms with Crippen LogP contribution in [0, 0.1) is 10.1 Å². The summed E-state index contributed by atoms with van der Waals surface area (Å²) in [6.45, 7) is -0.608. The number of nitrogens with one attached hydrogen (secondary N) is 1. The number of non-ortho nitro benzene ring substituents is 1. The molecule has 0 saturated heterocycles. The summed E-state index contributed by atoms with van der Waals surface area (Å²) >= 11 is 11.1. The molecule has 2 rings (SSSR count). The highest BCUT2D eigenvalue weighted by Crippen LogP contribution is 2.25. The van der Waals surface area contributed by atoms with Crippen LogP contribution in [0.5, 0.6) is 0 Å². The van der Waals surface area contributed by atoms with Gasteiger partial charge < -0.3 is 15.2 Å². The molecule has 0 bridgehead atoms. The average Bonchev–Trinajstić information content (AvgIpc) is 2.75. The van der Waals surface area contributed by atoms with Gasteiger partial charge in [-0.25, -0.2) is 4.79 Å². The SMILES string of the molecule is O=C(/C=C/c1ccccc1)O[C@H](c1ccc([N+](=O)[O-])cc1)[C@@H](CO)NC(=O)C(Cl)Cl. The first-order chi connectivity index (χ1) is 14.3. The molecule has 0 aromatic heterocycles. The fourth-order valence-electron chi connectivity index (χ4n) is 2.52. The standard InChI is InChI=1S/C20H18Cl2N2O6/c21-19(22)20(27)23-16(12-25)18(14-7-9-15(10-8-14)24(28)29)30-17(26)11-6-13-4-2-1-3-5-13/h1-11,16,18-19,25H,12H2,(H,23,27)/b11-6+/t16-,18-/m1/s1. The molecule has 0 unspecified atom stereocenters. The van der Waals surface area contributed by atoms with Crippen LogP contribution in [-0.2, 0) is 14.3 Å². The van der Waals surface area contributed by atoms with Gasteiger partial charge in [-0.1, -0.05) is 53.5 Å². The van der Waals surface area contributed by atoms with Gasteiger partial charge in [0.2, 0.25) is 0 Å². The zero-order valence-corrected chi connectivity index (χ0v) is 17.0. The molecule has 1 amide bonds. The topological polar surface area (TPSA) is 119 Å². The van der Waals surface area contributed by atoms with Gasteiger partial charge in [0.05, 0.1) is 17.6 Å². The van der Waals surface area contributed by atoms with Crippen molar-refractivity contribution in [2.24, 2.45) is 0 Å². The van der Waals surface area contributed by atoms with Crippen molar-refractivity contribution in [2.45, 2.75) is 17.0 Å². The summed E-state index contributed by atoms with van der Waals surface area (Å²) < 4.78 is 5.44. The van der Waals surface area contributed by atoms with Crippen molar-refractivity contribution in [3.8, 4) is 0 Å². The van der Waals surface area contributed by atoms with Gasteiger partial charge >= 0.3 is 5.97 Å². The molecule has 2 aromatic rings. The van der Waals surface area contributed by atoms with E-state index in [4.69, 9.17) is 27.9 Å². The van der Waals surface area contributed by atoms with Gasteiger partial charge in [0.15, 0.2) is 4.84 Å². The van der Waals surface area contributed by atoms with Gasteiger partial charge in [0, 0.05) is 18.2 Å². The number of nitro groups is 1. The van der Waals surface area contributed by atoms with Crippen LogP contribution in [0.15, 0.2) is 60.7 Å². The van der Waals surface area contributed by atoms with Crippen molar-refractivity contribution >= 4 is 46.8 Å². The first-order valence-electron chi connectivity index (χ1n) is 8.69. The van der Waals surface area contributed by atoms with Gasteiger partial charge in [0.25, 0.3) is 11.6 Å². The van der Waals surface area contributed by atoms with Crippen molar-refractivity contribution in [3.05, 3.63) is 81.9 Å². The first kappa shape index (κ1) is 23.3. The normalized spacial score (nSPS) is 13.1. The number of hydrogen-bond donors (Lipinski definition) is 2. The average molecular weight is 453 g/mol. The van der Waals surface area contributed by atoms with Crippen LogP contribution in [0.2, 0.25) is 0 Å². The van der Waals surface area contributed by atoms with Crippen LogP contribution in [0.4, 0.5) is 5.69 Å². The van der Waals surface area contributed by atoms with E-state index in [1.165, 1.54) is 36.4 Å². The zero-order valence-electron chi connectivity index (χ0n) is 15.5. The van der Waals surface area contributed by atoms with Crippen LogP contribution < -0.4 is 5.32 Å². The fourth-order valence-corrected chi connectivity index (χ4v) is 2.65. The second-order valence-corrected chi connectivity index (χ2v) is 7.14. The van der Waals surface area contributed by atoms with E-state index >= 15 is 0 Å². The lowest BCUT2D eigenvalue weighted by Gasteiger charge is -2.26. The Balaban J connectivity index is 2.27. The largest absolute Gasteiger partial charge is 0.452 e. The molecule has 158 valence electrons. The molecular weight excluding hydrogens is 435 g/mol. The number of ether oxygens (including phenoxy) is 1. The molecular formula is C20H18Cl2N2O6. The summed E-state index contributed by atoms with van der Waals surface area (Å²) in [4.78, 5) is 33.1. The number of carbonyl (C=O) groups excluding carboxylic acids is 2. The maximum Gasteiger partial charge on any atom is 0.331 e. The summed E-state index contributed by atoms with van der Waals surface area (Å²) in [6.07, 6.45) is 1.57. The number of esters is 1. The van der Waals surface area contributed by atoms with Crippen LogP contribution in [0.3, 0.4) is 0 Å². The summed E-state index contributed by atoms with van der Waals surface area (Å²) in [7, 11) is 0. The Bertz CT molecular complexity index is 903. The first-order valence-corrected chi connectivity index (χ1v) is 9.56. The number of alkyl halides is 2. The minimum atomic E-state index is -1.40. The second kappa shape index (κ2) is 11.3. The highest BCUT2D eigenvalue weighted by Gasteiger charge is 2.29. The van der Waals surface area contributed by atoms with E-state index in [9.17, 15) is 24.8 Å². The van der Waals surface area contributed by atoms with Gasteiger partial charge in [-0.3, -0.25) is 14.9 Å². The molecule has 0 spiro atoms. The number of aliphatic hydroxyl groups is 1. The zero-order chi connectivity index (χ0) is 22.1. The third-order valence-electron chi connectivity index (χ3n) is 3.97. The highest BCUT2D eigenvalue weighted by atomic mass is 35.5. The molecule has 2 aromatic carbocycles. The molecule has 0 radical (unpaired) electrons. The molecule has 0 heterocycles. The molecule has 0 aliphatic carbocycles. The quantitative estimate of drug-likeness (QED) is 0.198. The second-order valence-electron chi connectivity index (χ2n) is 6.05. The van der Waals surface area contributed by atoms with Crippen molar-refractivity contribution < 1.29 is 24.4 Å². The molecule has 2 atom stereocenters. The van der Waals surface area contributed by atoms with Gasteiger partial charge in [-0.05, 0) is 29.3 Å². The predicted octanol–water partition coefficient (Wildman–Crippen LogP) is 3.17. The lowest BCUT2D eigenvalue weighted by atomic mass is 10.0. The lowest BCUT2D eigenvalue weighted by Crippen LogP contribution is -2.45. The van der Waals surface area contributed by atoms with Gasteiger partial charge in [-0.15, -0.1) is 0 Å². The third-order valence-corrected chi connectivity index (χ3v) is 4.37. The number of hydrogen-bond acceptors (Lipinski definition) is 6. The number of halogens is 2. The van der Waals surface area contributed by atoms with E-state index in [1.54, 1.807) is 24.3 Å². The van der Waals surface area contributed by atoms with Gasteiger partial charge in [-0.2, -0.15) is 0 Å². The lowest BCUT2D eigenvalue weighted by molar-refractivity contribution is -0.384. The van der Waals surface area contributed by atoms with Crippen molar-refractivity contribution in [1.82, 2.24) is 5.32 Å². The van der Waals surface area contributed by atoms with E-state index in [-0.39, 0.29) is 5.69 Å². The van der Waals surface area contributed by atoms with E-state index in [2.05, 4.69) is 5.32 Å². The summed E-state index contributed by atoms with van der Waals surface area (Å²) in [5.74, 6) is -1.54. The van der Waals surface area contributed by atoms with Crippen LogP contribution in [0.25, 0.3) is 6.08 Å². The highest BCUT2D eigenvalue weighted by molar-refractivity contribution is 6.53. The van der Waals surface area contributed by atoms with Gasteiger partial charge in [0.1, 0.15) is 6.10 Å². The maximum absolute atomic E-state index is 12.4. The Morgan fingerprint density at radius 3 is 2.30 bits per heavy atom. The number of nitro benzene ring substituents is 1. The van der Waals surface area contributed by atoms with Crippen molar-refractivity contribution in [3.63, 3.8) is 0 Å². The number of carbonyl (C=O) groups is 2. The van der Waals surface area contributed by atoms with E-state index in [1.807, 2.05) is 6.07 Å². The Hall–Kier alpha value is -2.94. The molecule has 0 aliphatic heterocycles. The van der Waals surface area contributed by atoms with Crippen LogP contribution in [0.1, 0.15) is 17.2 Å². The van der Waals surface area contributed by atoms with Crippen LogP contribution >= 0.6 is 23.2 Å². The van der Waals surface area contributed by atoms with E-state index in [0.717, 1.165) is 5.56 Å². The molecule has 30 heavy (non-hydrogen) atoms. The molecule has 2 N–H and O–H groups in total. The predicted molar refractivity (Wildman–Crippen MR) is 112 cm³/mol. The molecule has 0 fully saturated rings. The minimum Gasteiger partial charge on any atom is -0.452 e. The molecule has 0 saturated carbocycles. The Morgan fingerprint density at radius 2 is 1.77 bits per heavy atom. The number of nitrogens with zero attached hydrogens (tertiary/aromatic N) is 1. The number of amides is 1. The maximum atomic E-state index is 12.4. The fraction of sp³-hybridized carbons (Fsp3) is 0.200.